The van der Waals surface area contributed by atoms with Gasteiger partial charge in [-0.05, 0) is 18.6 Å². The van der Waals surface area contributed by atoms with E-state index in [0.717, 1.165) is 17.3 Å². The Morgan fingerprint density at radius 1 is 1.31 bits per heavy atom. The number of halogens is 1. The summed E-state index contributed by atoms with van der Waals surface area (Å²) in [5.41, 5.74) is 2.99. The maximum atomic E-state index is 13.2. The highest BCUT2D eigenvalue weighted by Gasteiger charge is 2.07. The fraction of sp³-hybridized carbons (Fsp3) is 0.154. The van der Waals surface area contributed by atoms with Crippen LogP contribution in [0.15, 0.2) is 36.5 Å². The zero-order valence-electron chi connectivity index (χ0n) is 8.94. The molecule has 82 valence electrons. The first-order valence-electron chi connectivity index (χ1n) is 5.03. The molecule has 1 aromatic carbocycles. The summed E-state index contributed by atoms with van der Waals surface area (Å²) in [7, 11) is 0. The Morgan fingerprint density at radius 2 is 2.06 bits per heavy atom. The van der Waals surface area contributed by atoms with Crippen LogP contribution >= 0.6 is 0 Å². The van der Waals surface area contributed by atoms with Crippen LogP contribution in [-0.4, -0.2) is 10.1 Å². The number of hydrogen-bond acceptors (Lipinski definition) is 2. The lowest BCUT2D eigenvalue weighted by atomic mass is 10.0. The molecule has 2 nitrogen and oxygen atoms in total. The first-order chi connectivity index (χ1) is 7.72. The third kappa shape index (κ3) is 1.95. The lowest BCUT2D eigenvalue weighted by Gasteiger charge is -2.06. The molecule has 0 amide bonds. The van der Waals surface area contributed by atoms with E-state index < -0.39 is 5.82 Å². The van der Waals surface area contributed by atoms with Crippen molar-refractivity contribution in [3.8, 4) is 11.3 Å². The van der Waals surface area contributed by atoms with E-state index in [0.29, 0.717) is 5.69 Å². The van der Waals surface area contributed by atoms with Crippen LogP contribution in [0.5, 0.6) is 0 Å². The highest BCUT2D eigenvalue weighted by molar-refractivity contribution is 5.63. The van der Waals surface area contributed by atoms with Gasteiger partial charge in [0, 0.05) is 11.1 Å². The Labute approximate surface area is 93.4 Å². The van der Waals surface area contributed by atoms with Gasteiger partial charge in [-0.15, -0.1) is 0 Å². The van der Waals surface area contributed by atoms with Gasteiger partial charge in [0.2, 0.25) is 0 Å². The van der Waals surface area contributed by atoms with Gasteiger partial charge in [0.1, 0.15) is 5.82 Å². The van der Waals surface area contributed by atoms with E-state index in [1.807, 2.05) is 31.2 Å². The standard InChI is InChI=1S/C13H12FNO/c1-9-4-2-3-5-11(9)13-6-10(8-16)12(14)7-15-13/h2-7,16H,8H2,1H3. The Bertz CT molecular complexity index is 511. The molecule has 0 radical (unpaired) electrons. The lowest BCUT2D eigenvalue weighted by molar-refractivity contribution is 0.275. The minimum Gasteiger partial charge on any atom is -0.392 e. The molecule has 16 heavy (non-hydrogen) atoms. The molecule has 0 aliphatic rings. The summed E-state index contributed by atoms with van der Waals surface area (Å²) in [5.74, 6) is -0.472. The molecular formula is C13H12FNO. The molecule has 1 N–H and O–H groups in total. The fourth-order valence-electron chi connectivity index (χ4n) is 1.61. The summed E-state index contributed by atoms with van der Waals surface area (Å²) in [6.45, 7) is 1.66. The summed E-state index contributed by atoms with van der Waals surface area (Å²) < 4.78 is 13.2. The van der Waals surface area contributed by atoms with Crippen LogP contribution in [0.25, 0.3) is 11.3 Å². The highest BCUT2D eigenvalue weighted by Crippen LogP contribution is 2.22. The van der Waals surface area contributed by atoms with E-state index in [9.17, 15) is 4.39 Å². The molecule has 1 aromatic heterocycles. The molecule has 0 saturated heterocycles. The quantitative estimate of drug-likeness (QED) is 0.839. The van der Waals surface area contributed by atoms with Gasteiger partial charge in [-0.2, -0.15) is 0 Å². The van der Waals surface area contributed by atoms with Crippen molar-refractivity contribution in [1.29, 1.82) is 0 Å². The predicted molar refractivity (Wildman–Crippen MR) is 60.3 cm³/mol. The van der Waals surface area contributed by atoms with Gasteiger partial charge in [0.15, 0.2) is 0 Å². The van der Waals surface area contributed by atoms with E-state index in [2.05, 4.69) is 4.98 Å². The van der Waals surface area contributed by atoms with Crippen LogP contribution in [-0.2, 0) is 6.61 Å². The first kappa shape index (κ1) is 10.8. The van der Waals surface area contributed by atoms with Crippen molar-refractivity contribution < 1.29 is 9.50 Å². The monoisotopic (exact) mass is 217 g/mol. The minimum absolute atomic E-state index is 0.272. The molecule has 2 rings (SSSR count). The first-order valence-corrected chi connectivity index (χ1v) is 5.03. The van der Waals surface area contributed by atoms with Crippen molar-refractivity contribution in [1.82, 2.24) is 4.98 Å². The van der Waals surface area contributed by atoms with Crippen LogP contribution in [0.4, 0.5) is 4.39 Å². The maximum Gasteiger partial charge on any atom is 0.147 e. The Morgan fingerprint density at radius 3 is 2.75 bits per heavy atom. The zero-order valence-corrected chi connectivity index (χ0v) is 8.94. The topological polar surface area (TPSA) is 33.1 Å². The van der Waals surface area contributed by atoms with Crippen LogP contribution in [0.1, 0.15) is 11.1 Å². The van der Waals surface area contributed by atoms with E-state index in [1.165, 1.54) is 0 Å². The summed E-state index contributed by atoms with van der Waals surface area (Å²) in [6.07, 6.45) is 1.15. The largest absolute Gasteiger partial charge is 0.392 e. The second-order valence-corrected chi connectivity index (χ2v) is 3.63. The maximum absolute atomic E-state index is 13.2. The number of aliphatic hydroxyl groups excluding tert-OH is 1. The molecule has 0 saturated carbocycles. The highest BCUT2D eigenvalue weighted by atomic mass is 19.1. The number of rotatable bonds is 2. The number of pyridine rings is 1. The van der Waals surface area contributed by atoms with E-state index in [4.69, 9.17) is 5.11 Å². The summed E-state index contributed by atoms with van der Waals surface area (Å²) in [6, 6.07) is 9.33. The lowest BCUT2D eigenvalue weighted by Crippen LogP contribution is -1.94. The third-order valence-corrected chi connectivity index (χ3v) is 2.53. The second-order valence-electron chi connectivity index (χ2n) is 3.63. The molecular weight excluding hydrogens is 205 g/mol. The average Bonchev–Trinajstić information content (AvgIpc) is 2.31. The average molecular weight is 217 g/mol. The summed E-state index contributed by atoms with van der Waals surface area (Å²) in [5, 5.41) is 8.99. The molecule has 0 unspecified atom stereocenters. The fourth-order valence-corrected chi connectivity index (χ4v) is 1.61. The molecule has 0 spiro atoms. The van der Waals surface area contributed by atoms with Gasteiger partial charge in [0.25, 0.3) is 0 Å². The number of aromatic nitrogens is 1. The number of aryl methyl sites for hydroxylation is 1. The van der Waals surface area contributed by atoms with Crippen LogP contribution < -0.4 is 0 Å². The van der Waals surface area contributed by atoms with Crippen molar-refractivity contribution in [3.63, 3.8) is 0 Å². The van der Waals surface area contributed by atoms with Crippen LogP contribution in [0, 0.1) is 12.7 Å². The third-order valence-electron chi connectivity index (χ3n) is 2.53. The van der Waals surface area contributed by atoms with Crippen molar-refractivity contribution in [2.75, 3.05) is 0 Å². The van der Waals surface area contributed by atoms with Gasteiger partial charge in [-0.25, -0.2) is 4.39 Å². The van der Waals surface area contributed by atoms with Crippen molar-refractivity contribution in [2.45, 2.75) is 13.5 Å². The Kier molecular flexibility index (Phi) is 2.97. The van der Waals surface area contributed by atoms with Crippen molar-refractivity contribution >= 4 is 0 Å². The van der Waals surface area contributed by atoms with E-state index in [-0.39, 0.29) is 12.2 Å². The van der Waals surface area contributed by atoms with Gasteiger partial charge in [0.05, 0.1) is 18.5 Å². The van der Waals surface area contributed by atoms with Gasteiger partial charge in [-0.3, -0.25) is 4.98 Å². The van der Waals surface area contributed by atoms with Gasteiger partial charge in [-0.1, -0.05) is 24.3 Å². The Hall–Kier alpha value is -1.74. The van der Waals surface area contributed by atoms with Gasteiger partial charge < -0.3 is 5.11 Å². The molecule has 0 fully saturated rings. The second kappa shape index (κ2) is 4.41. The van der Waals surface area contributed by atoms with E-state index in [1.54, 1.807) is 6.07 Å². The summed E-state index contributed by atoms with van der Waals surface area (Å²) in [4.78, 5) is 4.03. The van der Waals surface area contributed by atoms with Crippen LogP contribution in [0.3, 0.4) is 0 Å². The van der Waals surface area contributed by atoms with Crippen LogP contribution in [0.2, 0.25) is 0 Å². The normalized spacial score (nSPS) is 10.4. The molecule has 0 atom stereocenters. The smallest absolute Gasteiger partial charge is 0.147 e. The number of hydrogen-bond donors (Lipinski definition) is 1. The molecule has 1 heterocycles. The van der Waals surface area contributed by atoms with Crippen molar-refractivity contribution in [3.05, 3.63) is 53.5 Å². The zero-order chi connectivity index (χ0) is 11.5. The number of benzene rings is 1. The SMILES string of the molecule is Cc1ccccc1-c1cc(CO)c(F)cn1. The van der Waals surface area contributed by atoms with Crippen molar-refractivity contribution in [2.24, 2.45) is 0 Å². The molecule has 2 aromatic rings. The Balaban J connectivity index is 2.53. The van der Waals surface area contributed by atoms with Gasteiger partial charge >= 0.3 is 0 Å². The molecule has 0 bridgehead atoms. The molecule has 3 heteroatoms. The number of nitrogens with zero attached hydrogens (tertiary/aromatic N) is 1. The minimum atomic E-state index is -0.472. The van der Waals surface area contributed by atoms with E-state index >= 15 is 0 Å². The number of aliphatic hydroxyl groups is 1. The summed E-state index contributed by atoms with van der Waals surface area (Å²) >= 11 is 0. The predicted octanol–water partition coefficient (Wildman–Crippen LogP) is 2.69. The molecule has 0 aliphatic carbocycles. The molecule has 0 aliphatic heterocycles.